The quantitative estimate of drug-likeness (QED) is 0.690. The van der Waals surface area contributed by atoms with E-state index in [0.29, 0.717) is 23.7 Å². The Morgan fingerprint density at radius 1 is 1.14 bits per heavy atom. The van der Waals surface area contributed by atoms with E-state index < -0.39 is 16.1 Å². The summed E-state index contributed by atoms with van der Waals surface area (Å²) in [6.45, 7) is 2.27. The summed E-state index contributed by atoms with van der Waals surface area (Å²) in [5.74, 6) is 1.15. The van der Waals surface area contributed by atoms with Gasteiger partial charge in [0.1, 0.15) is 11.5 Å². The largest absolute Gasteiger partial charge is 0.497 e. The zero-order valence-corrected chi connectivity index (χ0v) is 17.1. The molecule has 0 fully saturated rings. The smallest absolute Gasteiger partial charge is 0.241 e. The molecule has 1 atom stereocenters. The van der Waals surface area contributed by atoms with Gasteiger partial charge in [-0.3, -0.25) is 9.69 Å². The van der Waals surface area contributed by atoms with Gasteiger partial charge in [0.15, 0.2) is 0 Å². The highest BCUT2D eigenvalue weighted by molar-refractivity contribution is 7.89. The van der Waals surface area contributed by atoms with Crippen LogP contribution in [0.15, 0.2) is 47.4 Å². The lowest BCUT2D eigenvalue weighted by Gasteiger charge is -2.25. The fourth-order valence-electron chi connectivity index (χ4n) is 2.56. The number of carbonyl (C=O) groups is 1. The molecule has 0 aromatic heterocycles. The molecule has 0 saturated heterocycles. The maximum Gasteiger partial charge on any atom is 0.241 e. The van der Waals surface area contributed by atoms with E-state index in [2.05, 4.69) is 5.32 Å². The van der Waals surface area contributed by atoms with E-state index in [1.165, 1.54) is 24.3 Å². The van der Waals surface area contributed by atoms with Crippen molar-refractivity contribution in [2.75, 3.05) is 26.6 Å². The van der Waals surface area contributed by atoms with Crippen LogP contribution < -0.4 is 19.9 Å². The third kappa shape index (κ3) is 5.44. The Hall–Kier alpha value is -2.62. The molecule has 0 radical (unpaired) electrons. The topological polar surface area (TPSA) is 111 Å². The predicted octanol–water partition coefficient (Wildman–Crippen LogP) is 1.81. The molecule has 0 unspecified atom stereocenters. The summed E-state index contributed by atoms with van der Waals surface area (Å²) in [6.07, 6.45) is 0. The van der Waals surface area contributed by atoms with Gasteiger partial charge in [-0.15, -0.1) is 0 Å². The first-order chi connectivity index (χ1) is 13.2. The Kier molecular flexibility index (Phi) is 7.00. The van der Waals surface area contributed by atoms with Crippen molar-refractivity contribution in [3.63, 3.8) is 0 Å². The van der Waals surface area contributed by atoms with Crippen molar-refractivity contribution in [1.29, 1.82) is 0 Å². The maximum absolute atomic E-state index is 12.5. The van der Waals surface area contributed by atoms with E-state index in [4.69, 9.17) is 14.6 Å². The summed E-state index contributed by atoms with van der Waals surface area (Å²) in [4.78, 5) is 14.4. The van der Waals surface area contributed by atoms with Gasteiger partial charge in [0.05, 0.1) is 25.2 Å². The van der Waals surface area contributed by atoms with Crippen LogP contribution in [-0.4, -0.2) is 46.5 Å². The zero-order valence-electron chi connectivity index (χ0n) is 16.3. The number of anilines is 1. The number of hydrogen-bond acceptors (Lipinski definition) is 6. The van der Waals surface area contributed by atoms with Crippen molar-refractivity contribution in [3.05, 3.63) is 48.0 Å². The van der Waals surface area contributed by atoms with Crippen LogP contribution in [0, 0.1) is 0 Å². The highest BCUT2D eigenvalue weighted by atomic mass is 32.2. The fraction of sp³-hybridized carbons (Fsp3) is 0.316. The van der Waals surface area contributed by atoms with Crippen molar-refractivity contribution in [3.8, 4) is 11.5 Å². The van der Waals surface area contributed by atoms with E-state index in [-0.39, 0.29) is 10.8 Å². The van der Waals surface area contributed by atoms with Gasteiger partial charge in [-0.05, 0) is 44.3 Å². The number of nitrogens with two attached hydrogens (primary N) is 1. The molecular weight excluding hydrogens is 382 g/mol. The second-order valence-electron chi connectivity index (χ2n) is 6.33. The molecule has 1 amide bonds. The molecule has 28 heavy (non-hydrogen) atoms. The van der Waals surface area contributed by atoms with Crippen LogP contribution in [0.3, 0.4) is 0 Å². The minimum atomic E-state index is -3.77. The van der Waals surface area contributed by atoms with Crippen LogP contribution in [0.2, 0.25) is 0 Å². The summed E-state index contributed by atoms with van der Waals surface area (Å²) >= 11 is 0. The predicted molar refractivity (Wildman–Crippen MR) is 107 cm³/mol. The summed E-state index contributed by atoms with van der Waals surface area (Å²) in [6, 6.07) is 10.8. The molecule has 2 aromatic rings. The summed E-state index contributed by atoms with van der Waals surface area (Å²) in [7, 11) is 1.23. The van der Waals surface area contributed by atoms with Crippen LogP contribution in [0.1, 0.15) is 12.5 Å². The number of nitrogens with one attached hydrogen (secondary N) is 1. The number of nitrogens with zero attached hydrogens (tertiary/aromatic N) is 1. The summed E-state index contributed by atoms with van der Waals surface area (Å²) in [5, 5.41) is 7.84. The Morgan fingerprint density at radius 3 is 2.32 bits per heavy atom. The third-order valence-electron chi connectivity index (χ3n) is 4.40. The number of ether oxygens (including phenoxy) is 2. The number of methoxy groups -OCH3 is 2. The van der Waals surface area contributed by atoms with E-state index in [9.17, 15) is 13.2 Å². The number of amides is 1. The number of rotatable bonds is 8. The molecule has 9 heteroatoms. The van der Waals surface area contributed by atoms with E-state index in [1.54, 1.807) is 27.2 Å². The monoisotopic (exact) mass is 407 g/mol. The lowest BCUT2D eigenvalue weighted by molar-refractivity contribution is -0.120. The molecule has 2 aromatic carbocycles. The lowest BCUT2D eigenvalue weighted by Crippen LogP contribution is -2.39. The molecule has 152 valence electrons. The molecule has 0 aliphatic heterocycles. The van der Waals surface area contributed by atoms with Crippen LogP contribution in [0.5, 0.6) is 11.5 Å². The van der Waals surface area contributed by atoms with Gasteiger partial charge < -0.3 is 14.8 Å². The molecule has 3 N–H and O–H groups in total. The summed E-state index contributed by atoms with van der Waals surface area (Å²) < 4.78 is 33.2. The summed E-state index contributed by atoms with van der Waals surface area (Å²) in [5.41, 5.74) is 1.41. The first-order valence-electron chi connectivity index (χ1n) is 8.50. The molecule has 0 spiro atoms. The van der Waals surface area contributed by atoms with E-state index >= 15 is 0 Å². The molecule has 0 saturated carbocycles. The van der Waals surface area contributed by atoms with Crippen molar-refractivity contribution in [2.24, 2.45) is 5.14 Å². The number of hydrogen-bond donors (Lipinski definition) is 2. The number of likely N-dealkylation sites (N-methyl/N-ethyl adjacent to an activating group) is 1. The van der Waals surface area contributed by atoms with Crippen molar-refractivity contribution in [2.45, 2.75) is 24.4 Å². The highest BCUT2D eigenvalue weighted by Gasteiger charge is 2.20. The Balaban J connectivity index is 2.04. The lowest BCUT2D eigenvalue weighted by atomic mass is 10.1. The van der Waals surface area contributed by atoms with Gasteiger partial charge in [0.25, 0.3) is 0 Å². The molecule has 8 nitrogen and oxygen atoms in total. The number of benzene rings is 2. The van der Waals surface area contributed by atoms with Gasteiger partial charge in [0.2, 0.25) is 15.9 Å². The van der Waals surface area contributed by atoms with Gasteiger partial charge in [-0.1, -0.05) is 6.07 Å². The van der Waals surface area contributed by atoms with Gasteiger partial charge in [-0.25, -0.2) is 13.6 Å². The molecule has 0 aliphatic carbocycles. The SMILES string of the molecule is COc1ccc(CN(C)[C@H](C)C(=O)Nc2ccc(S(N)(=O)=O)cc2)c(OC)c1. The fourth-order valence-corrected chi connectivity index (χ4v) is 3.08. The average molecular weight is 407 g/mol. The first-order valence-corrected chi connectivity index (χ1v) is 10.0. The second kappa shape index (κ2) is 9.05. The van der Waals surface area contributed by atoms with Gasteiger partial charge >= 0.3 is 0 Å². The van der Waals surface area contributed by atoms with Crippen LogP contribution >= 0.6 is 0 Å². The minimum Gasteiger partial charge on any atom is -0.497 e. The number of carbonyl (C=O) groups excluding carboxylic acids is 1. The molecule has 0 aliphatic rings. The van der Waals surface area contributed by atoms with Crippen molar-refractivity contribution >= 4 is 21.6 Å². The van der Waals surface area contributed by atoms with Crippen LogP contribution in [-0.2, 0) is 21.4 Å². The van der Waals surface area contributed by atoms with Crippen LogP contribution in [0.25, 0.3) is 0 Å². The number of primary sulfonamides is 1. The molecule has 0 heterocycles. The van der Waals surface area contributed by atoms with Crippen LogP contribution in [0.4, 0.5) is 5.69 Å². The molecule has 2 rings (SSSR count). The molecule has 0 bridgehead atoms. The van der Waals surface area contributed by atoms with Crippen molar-refractivity contribution in [1.82, 2.24) is 4.90 Å². The standard InChI is InChI=1S/C19H25N3O5S/c1-13(19(23)21-15-6-9-17(10-7-15)28(20,24)25)22(2)12-14-5-8-16(26-3)11-18(14)27-4/h5-11,13H,12H2,1-4H3,(H,21,23)(H2,20,24,25)/t13-/m1/s1. The van der Waals surface area contributed by atoms with Gasteiger partial charge in [0, 0.05) is 23.9 Å². The first kappa shape index (κ1) is 21.7. The van der Waals surface area contributed by atoms with Crippen molar-refractivity contribution < 1.29 is 22.7 Å². The minimum absolute atomic E-state index is 0.0118. The third-order valence-corrected chi connectivity index (χ3v) is 5.33. The average Bonchev–Trinajstić information content (AvgIpc) is 2.67. The van der Waals surface area contributed by atoms with E-state index in [0.717, 1.165) is 5.56 Å². The zero-order chi connectivity index (χ0) is 20.9. The Morgan fingerprint density at radius 2 is 1.79 bits per heavy atom. The second-order valence-corrected chi connectivity index (χ2v) is 7.89. The maximum atomic E-state index is 12.5. The Labute approximate surface area is 165 Å². The normalized spacial score (nSPS) is 12.5. The highest BCUT2D eigenvalue weighted by Crippen LogP contribution is 2.26. The van der Waals surface area contributed by atoms with Gasteiger partial charge in [-0.2, -0.15) is 0 Å². The Bertz CT molecular complexity index is 929. The van der Waals surface area contributed by atoms with E-state index in [1.807, 2.05) is 24.1 Å². The number of sulfonamides is 1. The molecular formula is C19H25N3O5S.